The lowest BCUT2D eigenvalue weighted by Crippen LogP contribution is -2.37. The summed E-state index contributed by atoms with van der Waals surface area (Å²) >= 11 is 0. The first-order chi connectivity index (χ1) is 19.4. The number of nitrogens with zero attached hydrogens (tertiary/aromatic N) is 5. The van der Waals surface area contributed by atoms with Gasteiger partial charge in [0.2, 0.25) is 11.9 Å². The maximum atomic E-state index is 14.8. The molecule has 0 atom stereocenters. The summed E-state index contributed by atoms with van der Waals surface area (Å²) in [5.74, 6) is -2.45. The summed E-state index contributed by atoms with van der Waals surface area (Å²) < 4.78 is 57.7. The molecule has 10 nitrogen and oxygen atoms in total. The highest BCUT2D eigenvalue weighted by Crippen LogP contribution is 2.36. The number of hydrogen-bond donors (Lipinski definition) is 3. The van der Waals surface area contributed by atoms with Crippen LogP contribution in [0.4, 0.5) is 29.3 Å². The maximum absolute atomic E-state index is 14.8. The average molecular weight is 578 g/mol. The van der Waals surface area contributed by atoms with Gasteiger partial charge in [-0.05, 0) is 64.2 Å². The number of fused-ring (bicyclic) bond motifs is 1. The van der Waals surface area contributed by atoms with Crippen molar-refractivity contribution < 1.29 is 27.5 Å². The Kier molecular flexibility index (Phi) is 8.80. The van der Waals surface area contributed by atoms with Crippen LogP contribution in [0.3, 0.4) is 0 Å². The van der Waals surface area contributed by atoms with Gasteiger partial charge >= 0.3 is 6.18 Å². The predicted molar refractivity (Wildman–Crippen MR) is 147 cm³/mol. The molecule has 0 spiro atoms. The maximum Gasteiger partial charge on any atom is 0.431 e. The molecular weight excluding hydrogens is 546 g/mol. The van der Waals surface area contributed by atoms with Crippen molar-refractivity contribution in [3.05, 3.63) is 58.8 Å². The van der Waals surface area contributed by atoms with Crippen LogP contribution in [0.25, 0.3) is 16.6 Å². The van der Waals surface area contributed by atoms with E-state index < -0.39 is 40.2 Å². The summed E-state index contributed by atoms with van der Waals surface area (Å²) in [6.45, 7) is 7.47. The number of carbonyl (C=O) groups excluding carboxylic acids is 1. The molecule has 3 N–H and O–H groups in total. The molecule has 0 radical (unpaired) electrons. The number of aromatic nitrogens is 3. The van der Waals surface area contributed by atoms with Crippen molar-refractivity contribution in [2.75, 3.05) is 50.4 Å². The number of benzene rings is 1. The van der Waals surface area contributed by atoms with Gasteiger partial charge in [0, 0.05) is 25.7 Å². The van der Waals surface area contributed by atoms with Crippen molar-refractivity contribution in [2.45, 2.75) is 32.0 Å². The van der Waals surface area contributed by atoms with Crippen molar-refractivity contribution in [2.24, 2.45) is 0 Å². The lowest BCUT2D eigenvalue weighted by atomic mass is 10.1. The van der Waals surface area contributed by atoms with E-state index in [0.717, 1.165) is 50.2 Å². The second kappa shape index (κ2) is 12.1. The van der Waals surface area contributed by atoms with Gasteiger partial charge in [-0.2, -0.15) is 18.2 Å². The van der Waals surface area contributed by atoms with E-state index in [0.29, 0.717) is 12.6 Å². The van der Waals surface area contributed by atoms with E-state index in [-0.39, 0.29) is 46.8 Å². The lowest BCUT2D eigenvalue weighted by molar-refractivity contribution is -0.142. The molecule has 2 aromatic heterocycles. The first-order valence-corrected chi connectivity index (χ1v) is 13.1. The molecule has 0 saturated carbocycles. The van der Waals surface area contributed by atoms with Gasteiger partial charge in [0.15, 0.2) is 5.82 Å². The second-order valence-corrected chi connectivity index (χ2v) is 9.70. The van der Waals surface area contributed by atoms with Crippen molar-refractivity contribution in [3.63, 3.8) is 0 Å². The van der Waals surface area contributed by atoms with E-state index in [1.165, 1.54) is 4.90 Å². The molecular formula is C27H31F4N7O3. The zero-order valence-corrected chi connectivity index (χ0v) is 22.6. The van der Waals surface area contributed by atoms with E-state index >= 15 is 0 Å². The van der Waals surface area contributed by atoms with Gasteiger partial charge < -0.3 is 25.5 Å². The van der Waals surface area contributed by atoms with E-state index in [9.17, 15) is 32.3 Å². The minimum atomic E-state index is -5.11. The molecule has 1 aliphatic heterocycles. The minimum absolute atomic E-state index is 0.00485. The Morgan fingerprint density at radius 3 is 2.59 bits per heavy atom. The number of phenols is 1. The number of aromatic hydroxyl groups is 1. The zero-order chi connectivity index (χ0) is 29.9. The number of carbonyl (C=O) groups is 1. The van der Waals surface area contributed by atoms with E-state index in [1.807, 2.05) is 7.05 Å². The number of nitrogens with one attached hydrogen (secondary N) is 2. The number of pyridine rings is 1. The highest BCUT2D eigenvalue weighted by molar-refractivity contribution is 5.90. The predicted octanol–water partition coefficient (Wildman–Crippen LogP) is 3.60. The smallest absolute Gasteiger partial charge is 0.431 e. The normalized spacial score (nSPS) is 14.7. The third kappa shape index (κ3) is 6.42. The average Bonchev–Trinajstić information content (AvgIpc) is 2.92. The quantitative estimate of drug-likeness (QED) is 0.261. The number of alkyl halides is 3. The van der Waals surface area contributed by atoms with Crippen LogP contribution in [0.5, 0.6) is 5.75 Å². The zero-order valence-electron chi connectivity index (χ0n) is 22.6. The van der Waals surface area contributed by atoms with Crippen molar-refractivity contribution in [3.8, 4) is 11.4 Å². The fourth-order valence-corrected chi connectivity index (χ4v) is 4.74. The lowest BCUT2D eigenvalue weighted by Gasteiger charge is -2.29. The molecule has 41 heavy (non-hydrogen) atoms. The molecule has 14 heteroatoms. The Hall–Kier alpha value is -4.20. The highest BCUT2D eigenvalue weighted by atomic mass is 19.4. The van der Waals surface area contributed by atoms with E-state index in [4.69, 9.17) is 0 Å². The third-order valence-corrected chi connectivity index (χ3v) is 6.95. The van der Waals surface area contributed by atoms with Gasteiger partial charge in [0.25, 0.3) is 5.56 Å². The molecule has 1 fully saturated rings. The summed E-state index contributed by atoms with van der Waals surface area (Å²) in [5, 5.41) is 16.1. The Morgan fingerprint density at radius 1 is 1.27 bits per heavy atom. The van der Waals surface area contributed by atoms with Gasteiger partial charge in [0.05, 0.1) is 5.39 Å². The number of amides is 1. The Labute approximate surface area is 233 Å². The molecule has 0 bridgehead atoms. The third-order valence-electron chi connectivity index (χ3n) is 6.95. The number of likely N-dealkylation sites (N-methyl/N-ethyl adjacent to an activating group) is 1. The molecule has 1 aromatic carbocycles. The van der Waals surface area contributed by atoms with E-state index in [2.05, 4.69) is 32.1 Å². The van der Waals surface area contributed by atoms with Crippen molar-refractivity contribution in [1.29, 1.82) is 0 Å². The number of piperidine rings is 1. The first kappa shape index (κ1) is 29.8. The molecule has 0 unspecified atom stereocenters. The fourth-order valence-electron chi connectivity index (χ4n) is 4.74. The summed E-state index contributed by atoms with van der Waals surface area (Å²) in [6.07, 6.45) is -2.46. The van der Waals surface area contributed by atoms with Crippen LogP contribution < -0.4 is 16.2 Å². The summed E-state index contributed by atoms with van der Waals surface area (Å²) in [5.41, 5.74) is -4.16. The summed E-state index contributed by atoms with van der Waals surface area (Å²) in [7, 11) is 1.99. The molecule has 1 aliphatic rings. The summed E-state index contributed by atoms with van der Waals surface area (Å²) in [6, 6.07) is 3.54. The molecule has 3 aromatic rings. The number of para-hydroxylation sites is 1. The Bertz CT molecular complexity index is 1480. The van der Waals surface area contributed by atoms with Gasteiger partial charge in [-0.25, -0.2) is 9.37 Å². The molecule has 4 rings (SSSR count). The molecule has 220 valence electrons. The standard InChI is InChI=1S/C27H31F4N7O3/c1-4-21(40)37(5-2)14-11-32-24-17-15-20(27(29,30)31)38(23-18(28)7-6-8-19(23)39)25(41)22(17)34-26(35-24)33-16-9-12-36(3)13-10-16/h4,6-8,15-16,39H,1,5,9-14H2,2-3H3,(H2,32,33,34,35). The monoisotopic (exact) mass is 577 g/mol. The molecule has 0 aliphatic carbocycles. The number of anilines is 2. The van der Waals surface area contributed by atoms with Crippen LogP contribution in [0.15, 0.2) is 41.7 Å². The topological polar surface area (TPSA) is 116 Å². The van der Waals surface area contributed by atoms with Crippen LogP contribution >= 0.6 is 0 Å². The van der Waals surface area contributed by atoms with Gasteiger partial charge in [-0.15, -0.1) is 0 Å². The van der Waals surface area contributed by atoms with Crippen LogP contribution in [0.2, 0.25) is 0 Å². The largest absolute Gasteiger partial charge is 0.506 e. The van der Waals surface area contributed by atoms with Gasteiger partial charge in [0.1, 0.15) is 28.5 Å². The number of hydrogen-bond acceptors (Lipinski definition) is 8. The Balaban J connectivity index is 1.88. The van der Waals surface area contributed by atoms with Crippen molar-refractivity contribution >= 4 is 28.6 Å². The van der Waals surface area contributed by atoms with Gasteiger partial charge in [-0.3, -0.25) is 14.2 Å². The number of halogens is 4. The number of rotatable bonds is 9. The van der Waals surface area contributed by atoms with Crippen LogP contribution in [0, 0.1) is 5.82 Å². The van der Waals surface area contributed by atoms with Crippen molar-refractivity contribution in [1.82, 2.24) is 24.3 Å². The van der Waals surface area contributed by atoms with Gasteiger partial charge in [-0.1, -0.05) is 12.6 Å². The second-order valence-electron chi connectivity index (χ2n) is 9.70. The number of phenolic OH excluding ortho intramolecular Hbond substituents is 1. The Morgan fingerprint density at radius 2 is 1.98 bits per heavy atom. The van der Waals surface area contributed by atoms with Crippen LogP contribution in [-0.2, 0) is 11.0 Å². The number of likely N-dealkylation sites (tertiary alicyclic amines) is 1. The minimum Gasteiger partial charge on any atom is -0.506 e. The highest BCUT2D eigenvalue weighted by Gasteiger charge is 2.38. The van der Waals surface area contributed by atoms with Crippen LogP contribution in [0.1, 0.15) is 25.5 Å². The van der Waals surface area contributed by atoms with Crippen LogP contribution in [-0.4, -0.2) is 81.2 Å². The molecule has 1 amide bonds. The van der Waals surface area contributed by atoms with E-state index in [1.54, 1.807) is 6.92 Å². The first-order valence-electron chi connectivity index (χ1n) is 13.1. The molecule has 1 saturated heterocycles. The fraction of sp³-hybridized carbons (Fsp3) is 0.407. The SMILES string of the molecule is C=CC(=O)N(CC)CCNc1nc(NC2CCN(C)CC2)nc2c(=O)n(-c3c(O)cccc3F)c(C(F)(F)F)cc12. The summed E-state index contributed by atoms with van der Waals surface area (Å²) in [4.78, 5) is 38.0. The molecule has 3 heterocycles.